The second-order valence-corrected chi connectivity index (χ2v) is 6.99. The molecule has 2 heterocycles. The van der Waals surface area contributed by atoms with Gasteiger partial charge in [0, 0.05) is 37.2 Å². The number of aliphatic imine (C=N–C) groups is 1. The van der Waals surface area contributed by atoms with Gasteiger partial charge in [0.25, 0.3) is 0 Å². The van der Waals surface area contributed by atoms with Crippen molar-refractivity contribution < 1.29 is 4.74 Å². The van der Waals surface area contributed by atoms with Crippen LogP contribution in [0.25, 0.3) is 5.82 Å². The molecular weight excluding hydrogens is 388 g/mol. The average molecular weight is 413 g/mol. The standard InChI is InChI=1S/C21H25ClN6O/c1-15(29-19-7-5-18(22)6-8-19)12-26-21(23-3)27-14-17-4-9-20(25-13-17)28-11-10-24-16(28)2/h4-11,13,15H,12,14H2,1-3H3,(H2,23,26,27). The van der Waals surface area contributed by atoms with Crippen LogP contribution in [0.15, 0.2) is 60.0 Å². The average Bonchev–Trinajstić information content (AvgIpc) is 3.16. The molecule has 8 heteroatoms. The number of nitrogens with zero attached hydrogens (tertiary/aromatic N) is 4. The largest absolute Gasteiger partial charge is 0.489 e. The minimum absolute atomic E-state index is 0.0332. The van der Waals surface area contributed by atoms with E-state index < -0.39 is 0 Å². The predicted molar refractivity (Wildman–Crippen MR) is 116 cm³/mol. The highest BCUT2D eigenvalue weighted by Gasteiger charge is 2.07. The predicted octanol–water partition coefficient (Wildman–Crippen LogP) is 3.36. The Morgan fingerprint density at radius 1 is 1.17 bits per heavy atom. The second kappa shape index (κ2) is 9.93. The maximum absolute atomic E-state index is 5.90. The molecule has 0 saturated heterocycles. The van der Waals surface area contributed by atoms with Crippen LogP contribution in [0.2, 0.25) is 5.02 Å². The summed E-state index contributed by atoms with van der Waals surface area (Å²) < 4.78 is 7.81. The number of ether oxygens (including phenoxy) is 1. The van der Waals surface area contributed by atoms with Gasteiger partial charge in [-0.25, -0.2) is 9.97 Å². The quantitative estimate of drug-likeness (QED) is 0.459. The van der Waals surface area contributed by atoms with Crippen LogP contribution in [0.1, 0.15) is 18.3 Å². The van der Waals surface area contributed by atoms with Gasteiger partial charge in [-0.15, -0.1) is 0 Å². The van der Waals surface area contributed by atoms with Gasteiger partial charge in [-0.3, -0.25) is 9.56 Å². The number of guanidine groups is 1. The lowest BCUT2D eigenvalue weighted by Gasteiger charge is -2.18. The Bertz CT molecular complexity index is 937. The molecule has 0 radical (unpaired) electrons. The Hall–Kier alpha value is -3.06. The third-order valence-electron chi connectivity index (χ3n) is 4.27. The normalized spacial score (nSPS) is 12.5. The molecule has 1 atom stereocenters. The van der Waals surface area contributed by atoms with E-state index in [1.807, 2.05) is 67.2 Å². The third-order valence-corrected chi connectivity index (χ3v) is 4.53. The third kappa shape index (κ3) is 5.96. The van der Waals surface area contributed by atoms with E-state index >= 15 is 0 Å². The van der Waals surface area contributed by atoms with Crippen LogP contribution >= 0.6 is 11.6 Å². The van der Waals surface area contributed by atoms with E-state index in [1.54, 1.807) is 13.2 Å². The van der Waals surface area contributed by atoms with Gasteiger partial charge in [-0.05, 0) is 49.7 Å². The summed E-state index contributed by atoms with van der Waals surface area (Å²) in [6.45, 7) is 5.17. The van der Waals surface area contributed by atoms with Gasteiger partial charge < -0.3 is 15.4 Å². The van der Waals surface area contributed by atoms with Crippen LogP contribution in [0.4, 0.5) is 0 Å². The van der Waals surface area contributed by atoms with Crippen molar-refractivity contribution >= 4 is 17.6 Å². The number of pyridine rings is 1. The zero-order valence-electron chi connectivity index (χ0n) is 16.8. The fraction of sp³-hybridized carbons (Fsp3) is 0.286. The Morgan fingerprint density at radius 2 is 1.97 bits per heavy atom. The van der Waals surface area contributed by atoms with Crippen molar-refractivity contribution in [2.24, 2.45) is 4.99 Å². The molecule has 29 heavy (non-hydrogen) atoms. The van der Waals surface area contributed by atoms with E-state index in [4.69, 9.17) is 16.3 Å². The number of aryl methyl sites for hydroxylation is 1. The summed E-state index contributed by atoms with van der Waals surface area (Å²) in [5.41, 5.74) is 1.06. The Labute approximate surface area is 175 Å². The number of nitrogens with one attached hydrogen (secondary N) is 2. The molecule has 0 aliphatic heterocycles. The summed E-state index contributed by atoms with van der Waals surface area (Å²) in [6.07, 6.45) is 5.48. The minimum atomic E-state index is -0.0332. The first kappa shape index (κ1) is 20.7. The first-order chi connectivity index (χ1) is 14.0. The Balaban J connectivity index is 1.46. The van der Waals surface area contributed by atoms with Gasteiger partial charge in [0.05, 0.1) is 6.54 Å². The van der Waals surface area contributed by atoms with Crippen LogP contribution in [0, 0.1) is 6.92 Å². The first-order valence-corrected chi connectivity index (χ1v) is 9.75. The van der Waals surface area contributed by atoms with Crippen molar-refractivity contribution in [1.29, 1.82) is 0 Å². The topological polar surface area (TPSA) is 76.4 Å². The van der Waals surface area contributed by atoms with Crippen LogP contribution in [-0.2, 0) is 6.54 Å². The van der Waals surface area contributed by atoms with Crippen LogP contribution < -0.4 is 15.4 Å². The van der Waals surface area contributed by atoms with Crippen molar-refractivity contribution in [2.45, 2.75) is 26.5 Å². The lowest BCUT2D eigenvalue weighted by molar-refractivity contribution is 0.224. The van der Waals surface area contributed by atoms with Crippen molar-refractivity contribution in [3.63, 3.8) is 0 Å². The number of hydrogen-bond donors (Lipinski definition) is 2. The SMILES string of the molecule is CN=C(NCc1ccc(-n2ccnc2C)nc1)NCC(C)Oc1ccc(Cl)cc1. The number of hydrogen-bond acceptors (Lipinski definition) is 4. The molecule has 0 aliphatic carbocycles. The molecular formula is C21H25ClN6O. The molecule has 2 aromatic heterocycles. The van der Waals surface area contributed by atoms with E-state index in [0.717, 1.165) is 23.0 Å². The maximum atomic E-state index is 5.90. The summed E-state index contributed by atoms with van der Waals surface area (Å²) in [7, 11) is 1.74. The summed E-state index contributed by atoms with van der Waals surface area (Å²) in [6, 6.07) is 11.3. The van der Waals surface area contributed by atoms with Gasteiger partial charge in [-0.2, -0.15) is 0 Å². The Morgan fingerprint density at radius 3 is 2.59 bits per heavy atom. The van der Waals surface area contributed by atoms with Crippen LogP contribution in [0.5, 0.6) is 5.75 Å². The van der Waals surface area contributed by atoms with Gasteiger partial charge in [0.2, 0.25) is 0 Å². The zero-order valence-corrected chi connectivity index (χ0v) is 17.5. The first-order valence-electron chi connectivity index (χ1n) is 9.37. The van der Waals surface area contributed by atoms with E-state index in [2.05, 4.69) is 25.6 Å². The van der Waals surface area contributed by atoms with Crippen molar-refractivity contribution in [1.82, 2.24) is 25.2 Å². The number of benzene rings is 1. The summed E-state index contributed by atoms with van der Waals surface area (Å²) in [5.74, 6) is 3.24. The van der Waals surface area contributed by atoms with E-state index in [-0.39, 0.29) is 6.10 Å². The Kier molecular flexibility index (Phi) is 7.08. The molecule has 0 saturated carbocycles. The smallest absolute Gasteiger partial charge is 0.191 e. The molecule has 0 fully saturated rings. The number of imidazole rings is 1. The molecule has 0 spiro atoms. The molecule has 1 aromatic carbocycles. The highest BCUT2D eigenvalue weighted by molar-refractivity contribution is 6.30. The minimum Gasteiger partial charge on any atom is -0.489 e. The number of aromatic nitrogens is 3. The number of rotatable bonds is 7. The van der Waals surface area contributed by atoms with Crippen molar-refractivity contribution in [3.8, 4) is 11.6 Å². The summed E-state index contributed by atoms with van der Waals surface area (Å²) >= 11 is 5.90. The maximum Gasteiger partial charge on any atom is 0.191 e. The fourth-order valence-electron chi connectivity index (χ4n) is 2.72. The molecule has 152 valence electrons. The van der Waals surface area contributed by atoms with Gasteiger partial charge in [0.1, 0.15) is 23.5 Å². The van der Waals surface area contributed by atoms with Crippen molar-refractivity contribution in [2.75, 3.05) is 13.6 Å². The lowest BCUT2D eigenvalue weighted by atomic mass is 10.3. The van der Waals surface area contributed by atoms with Crippen LogP contribution in [-0.4, -0.2) is 40.2 Å². The fourth-order valence-corrected chi connectivity index (χ4v) is 2.84. The monoisotopic (exact) mass is 412 g/mol. The van der Waals surface area contributed by atoms with Gasteiger partial charge >= 0.3 is 0 Å². The second-order valence-electron chi connectivity index (χ2n) is 6.56. The molecule has 1 unspecified atom stereocenters. The molecule has 0 bridgehead atoms. The number of halogens is 1. The highest BCUT2D eigenvalue weighted by atomic mass is 35.5. The molecule has 0 aliphatic rings. The van der Waals surface area contributed by atoms with E-state index in [1.165, 1.54) is 0 Å². The zero-order chi connectivity index (χ0) is 20.6. The molecule has 3 aromatic rings. The van der Waals surface area contributed by atoms with Gasteiger partial charge in [-0.1, -0.05) is 17.7 Å². The molecule has 3 rings (SSSR count). The molecule has 7 nitrogen and oxygen atoms in total. The summed E-state index contributed by atoms with van der Waals surface area (Å²) in [5, 5.41) is 7.24. The van der Waals surface area contributed by atoms with Crippen LogP contribution in [0.3, 0.4) is 0 Å². The lowest BCUT2D eigenvalue weighted by Crippen LogP contribution is -2.41. The van der Waals surface area contributed by atoms with Crippen molar-refractivity contribution in [3.05, 3.63) is 71.4 Å². The molecule has 0 amide bonds. The molecule has 2 N–H and O–H groups in total. The van der Waals surface area contributed by atoms with E-state index in [0.29, 0.717) is 24.1 Å². The van der Waals surface area contributed by atoms with Gasteiger partial charge in [0.15, 0.2) is 5.96 Å². The highest BCUT2D eigenvalue weighted by Crippen LogP contribution is 2.16. The summed E-state index contributed by atoms with van der Waals surface area (Å²) in [4.78, 5) is 13.0. The van der Waals surface area contributed by atoms with E-state index in [9.17, 15) is 0 Å².